The predicted octanol–water partition coefficient (Wildman–Crippen LogP) is 0.379. The van der Waals surface area contributed by atoms with Crippen molar-refractivity contribution in [2.24, 2.45) is 0 Å². The summed E-state index contributed by atoms with van der Waals surface area (Å²) in [5.74, 6) is -0.160. The fraction of sp³-hybridized carbons (Fsp3) is 0. The van der Waals surface area contributed by atoms with Crippen LogP contribution in [-0.2, 0) is 0 Å². The van der Waals surface area contributed by atoms with Gasteiger partial charge in [0.1, 0.15) is 5.75 Å². The van der Waals surface area contributed by atoms with E-state index >= 15 is 0 Å². The topological polar surface area (TPSA) is 60.7 Å². The molecule has 0 saturated carbocycles. The van der Waals surface area contributed by atoms with Gasteiger partial charge < -0.3 is 15.2 Å². The van der Waals surface area contributed by atoms with Gasteiger partial charge in [-0.05, 0) is 12.1 Å². The standard InChI is InChI=1S/C6H5BCl2O3/c8-5-2-3(10)1-4(6(5)9)7(11)12/h1-2,10-12H. The lowest BCUT2D eigenvalue weighted by Crippen LogP contribution is -2.30. The van der Waals surface area contributed by atoms with Gasteiger partial charge in [0.05, 0.1) is 10.0 Å². The van der Waals surface area contributed by atoms with Crippen molar-refractivity contribution in [1.82, 2.24) is 0 Å². The molecule has 0 aliphatic heterocycles. The minimum Gasteiger partial charge on any atom is -0.508 e. The second-order valence-corrected chi connectivity index (χ2v) is 2.99. The van der Waals surface area contributed by atoms with Gasteiger partial charge in [-0.1, -0.05) is 23.2 Å². The van der Waals surface area contributed by atoms with Crippen molar-refractivity contribution in [2.45, 2.75) is 0 Å². The molecule has 0 saturated heterocycles. The van der Waals surface area contributed by atoms with Crippen molar-refractivity contribution in [3.63, 3.8) is 0 Å². The van der Waals surface area contributed by atoms with Crippen molar-refractivity contribution in [2.75, 3.05) is 0 Å². The minimum atomic E-state index is -1.73. The molecule has 0 bridgehead atoms. The van der Waals surface area contributed by atoms with Crippen LogP contribution in [0, 0.1) is 0 Å². The highest BCUT2D eigenvalue weighted by Gasteiger charge is 2.18. The van der Waals surface area contributed by atoms with Gasteiger partial charge in [-0.2, -0.15) is 0 Å². The zero-order valence-electron chi connectivity index (χ0n) is 5.83. The largest absolute Gasteiger partial charge is 0.508 e. The Hall–Kier alpha value is -0.415. The van der Waals surface area contributed by atoms with Crippen LogP contribution in [0.2, 0.25) is 10.0 Å². The Kier molecular flexibility index (Phi) is 2.85. The predicted molar refractivity (Wildman–Crippen MR) is 48.0 cm³/mol. The van der Waals surface area contributed by atoms with Crippen LogP contribution >= 0.6 is 23.2 Å². The van der Waals surface area contributed by atoms with Crippen LogP contribution in [0.3, 0.4) is 0 Å². The van der Waals surface area contributed by atoms with E-state index < -0.39 is 7.12 Å². The molecule has 0 amide bonds. The zero-order valence-corrected chi connectivity index (χ0v) is 7.34. The molecule has 0 atom stereocenters. The first kappa shape index (κ1) is 9.67. The van der Waals surface area contributed by atoms with Crippen LogP contribution in [-0.4, -0.2) is 22.3 Å². The van der Waals surface area contributed by atoms with E-state index in [2.05, 4.69) is 0 Å². The van der Waals surface area contributed by atoms with Crippen LogP contribution in [0.25, 0.3) is 0 Å². The molecule has 3 nitrogen and oxygen atoms in total. The third-order valence-corrected chi connectivity index (χ3v) is 2.14. The first-order chi connectivity index (χ1) is 5.52. The molecule has 0 spiro atoms. The summed E-state index contributed by atoms with van der Waals surface area (Å²) in [6, 6.07) is 2.36. The summed E-state index contributed by atoms with van der Waals surface area (Å²) in [6.45, 7) is 0. The molecule has 0 aromatic heterocycles. The maximum absolute atomic E-state index is 9.00. The highest BCUT2D eigenvalue weighted by molar-refractivity contribution is 6.64. The van der Waals surface area contributed by atoms with Crippen LogP contribution in [0.15, 0.2) is 12.1 Å². The molecular weight excluding hydrogens is 202 g/mol. The van der Waals surface area contributed by atoms with Crippen molar-refractivity contribution >= 4 is 35.8 Å². The molecule has 1 aromatic rings. The molecule has 0 fully saturated rings. The van der Waals surface area contributed by atoms with Crippen LogP contribution in [0.4, 0.5) is 0 Å². The van der Waals surface area contributed by atoms with E-state index in [1.165, 1.54) is 6.07 Å². The summed E-state index contributed by atoms with van der Waals surface area (Å²) in [7, 11) is -1.73. The monoisotopic (exact) mass is 206 g/mol. The first-order valence-corrected chi connectivity index (χ1v) is 3.82. The quantitative estimate of drug-likeness (QED) is 0.583. The van der Waals surface area contributed by atoms with Gasteiger partial charge >= 0.3 is 7.12 Å². The SMILES string of the molecule is OB(O)c1cc(O)cc(Cl)c1Cl. The molecule has 0 heterocycles. The van der Waals surface area contributed by atoms with Crippen LogP contribution in [0.5, 0.6) is 5.75 Å². The van der Waals surface area contributed by atoms with Crippen molar-refractivity contribution in [3.8, 4) is 5.75 Å². The lowest BCUT2D eigenvalue weighted by atomic mass is 9.80. The van der Waals surface area contributed by atoms with E-state index in [0.29, 0.717) is 0 Å². The van der Waals surface area contributed by atoms with E-state index in [1.54, 1.807) is 0 Å². The van der Waals surface area contributed by atoms with Crippen molar-refractivity contribution in [3.05, 3.63) is 22.2 Å². The Balaban J connectivity index is 3.28. The van der Waals surface area contributed by atoms with Crippen molar-refractivity contribution in [1.29, 1.82) is 0 Å². The summed E-state index contributed by atoms with van der Waals surface area (Å²) in [5, 5.41) is 26.6. The molecular formula is C6H5BCl2O3. The Morgan fingerprint density at radius 2 is 1.75 bits per heavy atom. The molecule has 1 rings (SSSR count). The lowest BCUT2D eigenvalue weighted by molar-refractivity contribution is 0.424. The second kappa shape index (κ2) is 3.54. The summed E-state index contributed by atoms with van der Waals surface area (Å²) >= 11 is 11.1. The summed E-state index contributed by atoms with van der Waals surface area (Å²) in [4.78, 5) is 0. The first-order valence-electron chi connectivity index (χ1n) is 3.06. The molecule has 6 heteroatoms. The number of rotatable bonds is 1. The average Bonchev–Trinajstić information content (AvgIpc) is 1.96. The van der Waals surface area contributed by atoms with Gasteiger partial charge in [0, 0.05) is 5.46 Å². The normalized spacial score (nSPS) is 10.0. The van der Waals surface area contributed by atoms with Gasteiger partial charge in [-0.3, -0.25) is 0 Å². The van der Waals surface area contributed by atoms with E-state index in [-0.39, 0.29) is 21.3 Å². The van der Waals surface area contributed by atoms with Crippen LogP contribution < -0.4 is 5.46 Å². The Morgan fingerprint density at radius 1 is 1.17 bits per heavy atom. The molecule has 64 valence electrons. The van der Waals surface area contributed by atoms with Crippen LogP contribution in [0.1, 0.15) is 0 Å². The van der Waals surface area contributed by atoms with E-state index in [0.717, 1.165) is 6.07 Å². The molecule has 0 aliphatic rings. The maximum Gasteiger partial charge on any atom is 0.490 e. The van der Waals surface area contributed by atoms with E-state index in [1.807, 2.05) is 0 Å². The number of hydrogen-bond donors (Lipinski definition) is 3. The van der Waals surface area contributed by atoms with Gasteiger partial charge in [-0.15, -0.1) is 0 Å². The fourth-order valence-electron chi connectivity index (χ4n) is 0.783. The average molecular weight is 207 g/mol. The van der Waals surface area contributed by atoms with Gasteiger partial charge in [0.2, 0.25) is 0 Å². The number of hydrogen-bond acceptors (Lipinski definition) is 3. The Morgan fingerprint density at radius 3 is 2.25 bits per heavy atom. The smallest absolute Gasteiger partial charge is 0.490 e. The zero-order chi connectivity index (χ0) is 9.30. The number of benzene rings is 1. The highest BCUT2D eigenvalue weighted by atomic mass is 35.5. The third kappa shape index (κ3) is 1.84. The van der Waals surface area contributed by atoms with Gasteiger partial charge in [-0.25, -0.2) is 0 Å². The molecule has 0 radical (unpaired) electrons. The van der Waals surface area contributed by atoms with E-state index in [9.17, 15) is 0 Å². The Bertz CT molecular complexity index is 303. The Labute approximate surface area is 79.3 Å². The number of phenolic OH excluding ortho intramolecular Hbond substituents is 1. The molecule has 3 N–H and O–H groups in total. The minimum absolute atomic E-state index is 0.0123. The number of phenols is 1. The highest BCUT2D eigenvalue weighted by Crippen LogP contribution is 2.24. The molecule has 0 unspecified atom stereocenters. The number of halogens is 2. The molecule has 0 aliphatic carbocycles. The molecule has 1 aromatic carbocycles. The fourth-order valence-corrected chi connectivity index (χ4v) is 1.21. The van der Waals surface area contributed by atoms with Crippen molar-refractivity contribution < 1.29 is 15.2 Å². The third-order valence-electron chi connectivity index (χ3n) is 1.32. The summed E-state index contributed by atoms with van der Waals surface area (Å²) < 4.78 is 0. The van der Waals surface area contributed by atoms with E-state index in [4.69, 9.17) is 38.4 Å². The summed E-state index contributed by atoms with van der Waals surface area (Å²) in [5.41, 5.74) is -0.0123. The number of aromatic hydroxyl groups is 1. The second-order valence-electron chi connectivity index (χ2n) is 2.20. The molecule has 12 heavy (non-hydrogen) atoms. The maximum atomic E-state index is 9.00. The van der Waals surface area contributed by atoms with Gasteiger partial charge in [0.15, 0.2) is 0 Å². The summed E-state index contributed by atoms with van der Waals surface area (Å²) in [6.07, 6.45) is 0. The van der Waals surface area contributed by atoms with Gasteiger partial charge in [0.25, 0.3) is 0 Å². The lowest BCUT2D eigenvalue weighted by Gasteiger charge is -2.04.